The molecule has 0 unspecified atom stereocenters. The van der Waals surface area contributed by atoms with Gasteiger partial charge in [0.25, 0.3) is 0 Å². The Bertz CT molecular complexity index is 165. The van der Waals surface area contributed by atoms with Crippen molar-refractivity contribution >= 4 is 71.7 Å². The molecular weight excluding hydrogens is 462 g/mol. The van der Waals surface area contributed by atoms with Crippen molar-refractivity contribution in [3.8, 4) is 0 Å². The van der Waals surface area contributed by atoms with Crippen molar-refractivity contribution in [2.24, 2.45) is 0 Å². The number of hydrogen-bond donors (Lipinski definition) is 0. The maximum atomic E-state index is 8.89. The van der Waals surface area contributed by atoms with E-state index in [0.717, 1.165) is 27.7 Å². The first kappa shape index (κ1) is 36.0. The average Bonchev–Trinajstić information content (AvgIpc) is 1.76. The summed E-state index contributed by atoms with van der Waals surface area (Å²) >= 11 is 0. The second-order valence-electron chi connectivity index (χ2n) is 1.97. The number of carboxylic acid groups (broad SMARTS) is 4. The first-order valence-electron chi connectivity index (χ1n) is 3.63. The second-order valence-corrected chi connectivity index (χ2v) is 1.97. The van der Waals surface area contributed by atoms with Crippen molar-refractivity contribution in [3.63, 3.8) is 0 Å². The van der Waals surface area contributed by atoms with Crippen LogP contribution in [0.15, 0.2) is 0 Å². The molecule has 0 heterocycles. The predicted octanol–water partition coefficient (Wildman–Crippen LogP) is -5.74. The van der Waals surface area contributed by atoms with E-state index < -0.39 is 23.9 Å². The van der Waals surface area contributed by atoms with E-state index in [9.17, 15) is 0 Å². The molecule has 0 aliphatic carbocycles. The van der Waals surface area contributed by atoms with Crippen LogP contribution in [0.2, 0.25) is 0 Å². The molecule has 0 spiro atoms. The van der Waals surface area contributed by atoms with Gasteiger partial charge in [0, 0.05) is 23.9 Å². The zero-order valence-electron chi connectivity index (χ0n) is 10.3. The molecule has 0 saturated heterocycles. The van der Waals surface area contributed by atoms with Crippen LogP contribution >= 0.6 is 0 Å². The Morgan fingerprint density at radius 1 is 0.500 bits per heavy atom. The summed E-state index contributed by atoms with van der Waals surface area (Å²) in [7, 11) is 0. The first-order valence-corrected chi connectivity index (χ1v) is 3.63. The van der Waals surface area contributed by atoms with Gasteiger partial charge in [0.2, 0.25) is 0 Å². The Morgan fingerprint density at radius 2 is 0.500 bits per heavy atom. The van der Waals surface area contributed by atoms with Crippen LogP contribution in [0.4, 0.5) is 0 Å². The molecule has 0 N–H and O–H groups in total. The third kappa shape index (κ3) is 11900. The van der Waals surface area contributed by atoms with Gasteiger partial charge in [-0.05, 0) is 27.7 Å². The summed E-state index contributed by atoms with van der Waals surface area (Å²) in [5.41, 5.74) is 0. The topological polar surface area (TPSA) is 161 Å². The third-order valence-electron chi connectivity index (χ3n) is 0. The first-order chi connectivity index (χ1) is 6.93. The monoisotopic (exact) mass is 476 g/mol. The van der Waals surface area contributed by atoms with E-state index in [1.165, 1.54) is 0 Å². The van der Waals surface area contributed by atoms with Crippen LogP contribution in [-0.4, -0.2) is 71.7 Å². The van der Waals surface area contributed by atoms with Crippen molar-refractivity contribution in [2.45, 2.75) is 27.7 Å². The van der Waals surface area contributed by atoms with Gasteiger partial charge >= 0.3 is 47.8 Å². The molecule has 0 aromatic heterocycles. The molecule has 0 aromatic rings. The van der Waals surface area contributed by atoms with E-state index in [0.29, 0.717) is 0 Å². The maximum absolute atomic E-state index is 8.89. The van der Waals surface area contributed by atoms with Gasteiger partial charge in [-0.25, -0.2) is 0 Å². The molecule has 0 rings (SSSR count). The van der Waals surface area contributed by atoms with E-state index in [1.807, 2.05) is 0 Å². The van der Waals surface area contributed by atoms with E-state index >= 15 is 0 Å². The van der Waals surface area contributed by atoms with Crippen LogP contribution in [0.5, 0.6) is 0 Å². The summed E-state index contributed by atoms with van der Waals surface area (Å²) in [6.45, 7) is 3.89. The molecule has 0 aliphatic rings. The molecule has 10 heteroatoms. The fraction of sp³-hybridized carbons (Fsp3) is 0.500. The number of carbonyl (C=O) groups excluding carboxylic acids is 4. The molecule has 0 aromatic carbocycles. The summed E-state index contributed by atoms with van der Waals surface area (Å²) < 4.78 is 0. The van der Waals surface area contributed by atoms with Gasteiger partial charge in [-0.15, -0.1) is 0 Å². The Kier molecular flexibility index (Phi) is 60.0. The largest absolute Gasteiger partial charge is 2.00 e. The molecule has 0 amide bonds. The zero-order valence-corrected chi connectivity index (χ0v) is 16.0. The van der Waals surface area contributed by atoms with Crippen LogP contribution in [-0.2, 0) is 19.2 Å². The van der Waals surface area contributed by atoms with Gasteiger partial charge in [0.1, 0.15) is 0 Å². The summed E-state index contributed by atoms with van der Waals surface area (Å²) in [5.74, 6) is -4.33. The summed E-state index contributed by atoms with van der Waals surface area (Å²) in [5, 5.41) is 35.6. The van der Waals surface area contributed by atoms with Crippen molar-refractivity contribution in [2.75, 3.05) is 0 Å². The van der Waals surface area contributed by atoms with Crippen molar-refractivity contribution in [1.29, 1.82) is 0 Å². The Morgan fingerprint density at radius 3 is 0.500 bits per heavy atom. The fourth-order valence-electron chi connectivity index (χ4n) is 0. The van der Waals surface area contributed by atoms with E-state index in [4.69, 9.17) is 39.6 Å². The molecule has 0 aliphatic heterocycles. The standard InChI is InChI=1S/4C2H4O2.2Sn/c4*1-2(3)4;;/h4*1H3,(H,3,4);;/q;;;;2*+2/p-4. The molecular formula is C8H12O8Sn2. The number of carbonyl (C=O) groups is 4. The average molecular weight is 474 g/mol. The van der Waals surface area contributed by atoms with E-state index in [-0.39, 0.29) is 47.8 Å². The number of rotatable bonds is 0. The van der Waals surface area contributed by atoms with E-state index in [1.54, 1.807) is 0 Å². The Hall–Kier alpha value is -0.523. The fourth-order valence-corrected chi connectivity index (χ4v) is 0. The number of hydrogen-bond acceptors (Lipinski definition) is 8. The molecule has 18 heavy (non-hydrogen) atoms. The summed E-state index contributed by atoms with van der Waals surface area (Å²) in [4.78, 5) is 35.6. The number of aliphatic carboxylic acids is 4. The van der Waals surface area contributed by atoms with Crippen LogP contribution in [0, 0.1) is 0 Å². The predicted molar refractivity (Wildman–Crippen MR) is 54.2 cm³/mol. The molecule has 4 radical (unpaired) electrons. The zero-order chi connectivity index (χ0) is 14.3. The quantitative estimate of drug-likeness (QED) is 0.315. The Labute approximate surface area is 138 Å². The van der Waals surface area contributed by atoms with Gasteiger partial charge < -0.3 is 39.6 Å². The van der Waals surface area contributed by atoms with Crippen molar-refractivity contribution < 1.29 is 39.6 Å². The van der Waals surface area contributed by atoms with Crippen molar-refractivity contribution in [1.82, 2.24) is 0 Å². The van der Waals surface area contributed by atoms with Crippen LogP contribution in [0.25, 0.3) is 0 Å². The van der Waals surface area contributed by atoms with Crippen LogP contribution in [0.3, 0.4) is 0 Å². The Balaban J connectivity index is -0.0000000257. The minimum atomic E-state index is -1.08. The molecule has 0 saturated carbocycles. The number of carboxylic acids is 4. The molecule has 0 bridgehead atoms. The van der Waals surface area contributed by atoms with Gasteiger partial charge in [-0.1, -0.05) is 0 Å². The normalized spacial score (nSPS) is 5.56. The van der Waals surface area contributed by atoms with Gasteiger partial charge in [-0.3, -0.25) is 0 Å². The smallest absolute Gasteiger partial charge is 0.550 e. The van der Waals surface area contributed by atoms with Crippen LogP contribution in [0.1, 0.15) is 27.7 Å². The molecule has 100 valence electrons. The summed E-state index contributed by atoms with van der Waals surface area (Å²) in [6, 6.07) is 0. The maximum Gasteiger partial charge on any atom is 2.00 e. The summed E-state index contributed by atoms with van der Waals surface area (Å²) in [6.07, 6.45) is 0. The third-order valence-corrected chi connectivity index (χ3v) is 0. The van der Waals surface area contributed by atoms with Gasteiger partial charge in [0.15, 0.2) is 0 Å². The van der Waals surface area contributed by atoms with E-state index in [2.05, 4.69) is 0 Å². The molecule has 8 nitrogen and oxygen atoms in total. The van der Waals surface area contributed by atoms with Gasteiger partial charge in [0.05, 0.1) is 0 Å². The molecule has 0 atom stereocenters. The van der Waals surface area contributed by atoms with Crippen LogP contribution < -0.4 is 20.4 Å². The van der Waals surface area contributed by atoms with Crippen molar-refractivity contribution in [3.05, 3.63) is 0 Å². The minimum Gasteiger partial charge on any atom is -0.550 e. The second kappa shape index (κ2) is 30.0. The van der Waals surface area contributed by atoms with Gasteiger partial charge in [-0.2, -0.15) is 0 Å². The minimum absolute atomic E-state index is 0. The molecule has 0 fully saturated rings. The SMILES string of the molecule is CC(=O)[O-].CC(=O)[O-].CC(=O)[O-].CC(=O)[O-].[Sn+2].[Sn+2].